The molecule has 2 amide bonds. The minimum atomic E-state index is -1.15. The number of benzene rings is 1. The van der Waals surface area contributed by atoms with Gasteiger partial charge >= 0.3 is 18.0 Å². The van der Waals surface area contributed by atoms with E-state index in [9.17, 15) is 14.4 Å². The van der Waals surface area contributed by atoms with Crippen molar-refractivity contribution in [2.75, 3.05) is 20.8 Å². The van der Waals surface area contributed by atoms with Crippen LogP contribution in [0.25, 0.3) is 0 Å². The highest BCUT2D eigenvalue weighted by Crippen LogP contribution is 2.33. The van der Waals surface area contributed by atoms with Gasteiger partial charge in [-0.1, -0.05) is 28.1 Å². The Balaban J connectivity index is 1.88. The molecule has 0 aliphatic carbocycles. The molecular weight excluding hydrogens is 444 g/mol. The number of esters is 2. The van der Waals surface area contributed by atoms with E-state index in [0.717, 1.165) is 21.4 Å². The zero-order chi connectivity index (χ0) is 21.0. The van der Waals surface area contributed by atoms with Crippen molar-refractivity contribution in [3.63, 3.8) is 0 Å². The molecule has 154 valence electrons. The number of carbonyl (C=O) groups excluding carboxylic acids is 3. The summed E-state index contributed by atoms with van der Waals surface area (Å²) in [4.78, 5) is 45.9. The number of nitrogens with one attached hydrogen (secondary N) is 2. The summed E-state index contributed by atoms with van der Waals surface area (Å²) < 4.78 is 10.2. The highest BCUT2D eigenvalue weighted by molar-refractivity contribution is 9.10. The molecule has 1 aromatic carbocycles. The third-order valence-corrected chi connectivity index (χ3v) is 5.28. The van der Waals surface area contributed by atoms with E-state index in [1.807, 2.05) is 24.3 Å². The predicted molar refractivity (Wildman–Crippen MR) is 106 cm³/mol. The number of methoxy groups -OCH3 is 2. The van der Waals surface area contributed by atoms with Gasteiger partial charge in [0.1, 0.15) is 12.1 Å². The lowest BCUT2D eigenvalue weighted by Gasteiger charge is -2.36. The second-order valence-corrected chi connectivity index (χ2v) is 7.38. The monoisotopic (exact) mass is 464 g/mol. The van der Waals surface area contributed by atoms with Crippen molar-refractivity contribution in [1.82, 2.24) is 20.2 Å². The predicted octanol–water partition coefficient (Wildman–Crippen LogP) is 1.93. The molecular formula is C19H21BrN4O5. The van der Waals surface area contributed by atoms with Gasteiger partial charge in [-0.05, 0) is 17.7 Å². The van der Waals surface area contributed by atoms with Crippen molar-refractivity contribution in [3.8, 4) is 0 Å². The number of hydrogen-bond donors (Lipinski definition) is 2. The van der Waals surface area contributed by atoms with E-state index in [4.69, 9.17) is 4.74 Å². The van der Waals surface area contributed by atoms with Crippen LogP contribution < -0.4 is 5.32 Å². The van der Waals surface area contributed by atoms with Gasteiger partial charge in [-0.25, -0.2) is 14.6 Å². The summed E-state index contributed by atoms with van der Waals surface area (Å²) in [6, 6.07) is 5.52. The standard InChI is InChI=1S/C19H21BrN4O5/c1-28-15(25)9-14(18(26)29-2)23-19(27)24-8-7-13-16(22-10-21-13)17(24)11-3-5-12(20)6-4-11/h3-6,10,14,17H,7-9H2,1-2H3,(H,21,22)(H,23,27)/t14-,17+/m0/s1. The lowest BCUT2D eigenvalue weighted by Crippen LogP contribution is -2.52. The summed E-state index contributed by atoms with van der Waals surface area (Å²) in [5.74, 6) is -1.35. The number of nitrogens with zero attached hydrogens (tertiary/aromatic N) is 2. The first-order chi connectivity index (χ1) is 13.9. The Labute approximate surface area is 175 Å². The Kier molecular flexibility index (Phi) is 6.53. The number of hydrogen-bond acceptors (Lipinski definition) is 6. The average molecular weight is 465 g/mol. The van der Waals surface area contributed by atoms with Crippen LogP contribution in [0, 0.1) is 0 Å². The molecule has 2 aromatic rings. The number of fused-ring (bicyclic) bond motifs is 1. The Morgan fingerprint density at radius 1 is 1.28 bits per heavy atom. The van der Waals surface area contributed by atoms with Crippen LogP contribution in [-0.4, -0.2) is 59.6 Å². The Bertz CT molecular complexity index is 898. The summed E-state index contributed by atoms with van der Waals surface area (Å²) in [6.07, 6.45) is 1.88. The quantitative estimate of drug-likeness (QED) is 0.653. The van der Waals surface area contributed by atoms with E-state index < -0.39 is 30.1 Å². The van der Waals surface area contributed by atoms with Crippen LogP contribution in [0.15, 0.2) is 35.1 Å². The molecule has 0 saturated carbocycles. The van der Waals surface area contributed by atoms with Crippen LogP contribution >= 0.6 is 15.9 Å². The first-order valence-electron chi connectivity index (χ1n) is 8.94. The van der Waals surface area contributed by atoms with E-state index >= 15 is 0 Å². The smallest absolute Gasteiger partial charge is 0.329 e. The Morgan fingerprint density at radius 2 is 2.00 bits per heavy atom. The van der Waals surface area contributed by atoms with Gasteiger partial charge in [0.05, 0.1) is 32.7 Å². The van der Waals surface area contributed by atoms with Crippen molar-refractivity contribution >= 4 is 33.9 Å². The van der Waals surface area contributed by atoms with Crippen LogP contribution in [0.1, 0.15) is 29.4 Å². The fraction of sp³-hybridized carbons (Fsp3) is 0.368. The molecule has 2 N–H and O–H groups in total. The summed E-state index contributed by atoms with van der Waals surface area (Å²) >= 11 is 3.41. The number of halogens is 1. The molecule has 0 bridgehead atoms. The molecule has 1 aromatic heterocycles. The van der Waals surface area contributed by atoms with Gasteiger partial charge in [0, 0.05) is 23.1 Å². The number of rotatable bonds is 5. The molecule has 29 heavy (non-hydrogen) atoms. The van der Waals surface area contributed by atoms with Crippen molar-refractivity contribution < 1.29 is 23.9 Å². The third-order valence-electron chi connectivity index (χ3n) is 4.75. The van der Waals surface area contributed by atoms with Gasteiger partial charge in [-0.15, -0.1) is 0 Å². The lowest BCUT2D eigenvalue weighted by molar-refractivity contribution is -0.149. The average Bonchev–Trinajstić information content (AvgIpc) is 3.21. The Morgan fingerprint density at radius 3 is 2.66 bits per heavy atom. The molecule has 0 unspecified atom stereocenters. The molecule has 10 heteroatoms. The Hall–Kier alpha value is -2.88. The number of aromatic amines is 1. The molecule has 0 spiro atoms. The number of amides is 2. The number of urea groups is 1. The van der Waals surface area contributed by atoms with Gasteiger partial charge in [-0.3, -0.25) is 4.79 Å². The minimum Gasteiger partial charge on any atom is -0.469 e. The third kappa shape index (κ3) is 4.58. The highest BCUT2D eigenvalue weighted by atomic mass is 79.9. The van der Waals surface area contributed by atoms with E-state index in [0.29, 0.717) is 13.0 Å². The fourth-order valence-electron chi connectivity index (χ4n) is 3.30. The van der Waals surface area contributed by atoms with Crippen molar-refractivity contribution in [3.05, 3.63) is 52.0 Å². The summed E-state index contributed by atoms with van der Waals surface area (Å²) in [5.41, 5.74) is 2.58. The van der Waals surface area contributed by atoms with E-state index in [2.05, 4.69) is 36.0 Å². The van der Waals surface area contributed by atoms with Crippen LogP contribution in [0.5, 0.6) is 0 Å². The van der Waals surface area contributed by atoms with Crippen molar-refractivity contribution in [2.24, 2.45) is 0 Å². The van der Waals surface area contributed by atoms with Crippen molar-refractivity contribution in [1.29, 1.82) is 0 Å². The van der Waals surface area contributed by atoms with Gasteiger partial charge in [0.2, 0.25) is 0 Å². The van der Waals surface area contributed by atoms with E-state index in [1.165, 1.54) is 14.2 Å². The van der Waals surface area contributed by atoms with Crippen LogP contribution in [0.4, 0.5) is 4.79 Å². The van der Waals surface area contributed by atoms with Crippen LogP contribution in [0.3, 0.4) is 0 Å². The summed E-state index contributed by atoms with van der Waals surface area (Å²) in [7, 11) is 2.41. The zero-order valence-corrected chi connectivity index (χ0v) is 17.6. The molecule has 0 saturated heterocycles. The first kappa shape index (κ1) is 20.8. The van der Waals surface area contributed by atoms with Crippen molar-refractivity contribution in [2.45, 2.75) is 24.9 Å². The molecule has 0 fully saturated rings. The molecule has 9 nitrogen and oxygen atoms in total. The number of imidazole rings is 1. The van der Waals surface area contributed by atoms with Gasteiger partial charge in [0.25, 0.3) is 0 Å². The van der Waals surface area contributed by atoms with Gasteiger partial charge in [0.15, 0.2) is 0 Å². The lowest BCUT2D eigenvalue weighted by atomic mass is 9.96. The normalized spacial score (nSPS) is 16.5. The minimum absolute atomic E-state index is 0.320. The fourth-order valence-corrected chi connectivity index (χ4v) is 3.56. The number of ether oxygens (including phenoxy) is 2. The largest absolute Gasteiger partial charge is 0.469 e. The topological polar surface area (TPSA) is 114 Å². The molecule has 1 aliphatic rings. The number of carbonyl (C=O) groups is 3. The van der Waals surface area contributed by atoms with Crippen LogP contribution in [0.2, 0.25) is 0 Å². The van der Waals surface area contributed by atoms with E-state index in [1.54, 1.807) is 11.2 Å². The van der Waals surface area contributed by atoms with Crippen LogP contribution in [-0.2, 0) is 25.5 Å². The number of aromatic nitrogens is 2. The summed E-state index contributed by atoms with van der Waals surface area (Å²) in [6.45, 7) is 0.411. The second-order valence-electron chi connectivity index (χ2n) is 6.47. The van der Waals surface area contributed by atoms with Gasteiger partial charge < -0.3 is 24.7 Å². The highest BCUT2D eigenvalue weighted by Gasteiger charge is 2.36. The molecule has 2 heterocycles. The maximum atomic E-state index is 13.1. The maximum Gasteiger partial charge on any atom is 0.329 e. The molecule has 1 aliphatic heterocycles. The second kappa shape index (κ2) is 9.08. The molecule has 0 radical (unpaired) electrons. The first-order valence-corrected chi connectivity index (χ1v) is 9.73. The zero-order valence-electron chi connectivity index (χ0n) is 16.0. The molecule has 3 rings (SSSR count). The maximum absolute atomic E-state index is 13.1. The van der Waals surface area contributed by atoms with Gasteiger partial charge in [-0.2, -0.15) is 0 Å². The molecule has 2 atom stereocenters. The summed E-state index contributed by atoms with van der Waals surface area (Å²) in [5, 5.41) is 2.60. The van der Waals surface area contributed by atoms with E-state index in [-0.39, 0.29) is 6.42 Å². The number of H-pyrrole nitrogens is 1. The SMILES string of the molecule is COC(=O)C[C@H](NC(=O)N1CCc2[nH]cnc2[C@H]1c1ccc(Br)cc1)C(=O)OC.